The Labute approximate surface area is 115 Å². The van der Waals surface area contributed by atoms with E-state index in [1.165, 1.54) is 25.3 Å². The topological polar surface area (TPSA) is 81.5 Å². The zero-order valence-corrected chi connectivity index (χ0v) is 10.7. The number of rotatable bonds is 4. The van der Waals surface area contributed by atoms with Crippen LogP contribution in [-0.4, -0.2) is 18.0 Å². The Bertz CT molecular complexity index is 641. The average molecular weight is 272 g/mol. The molecule has 0 fully saturated rings. The molecule has 6 heteroatoms. The molecule has 6 nitrogen and oxygen atoms in total. The van der Waals surface area contributed by atoms with Crippen molar-refractivity contribution in [1.82, 2.24) is 0 Å². The van der Waals surface area contributed by atoms with E-state index >= 15 is 0 Å². The summed E-state index contributed by atoms with van der Waals surface area (Å²) in [5.74, 6) is -0.612. The van der Waals surface area contributed by atoms with Crippen molar-refractivity contribution < 1.29 is 14.5 Å². The number of nitro groups is 1. The lowest BCUT2D eigenvalue weighted by Crippen LogP contribution is -2.04. The second kappa shape index (κ2) is 5.83. The summed E-state index contributed by atoms with van der Waals surface area (Å²) in [6.45, 7) is 0. The van der Waals surface area contributed by atoms with E-state index in [2.05, 4.69) is 10.1 Å². The molecule has 2 aromatic carbocycles. The number of para-hydroxylation sites is 1. The quantitative estimate of drug-likeness (QED) is 0.525. The lowest BCUT2D eigenvalue weighted by molar-refractivity contribution is -0.383. The molecule has 0 bridgehead atoms. The Hall–Kier alpha value is -2.89. The van der Waals surface area contributed by atoms with E-state index in [4.69, 9.17) is 0 Å². The fraction of sp³-hybridized carbons (Fsp3) is 0.0714. The molecular weight excluding hydrogens is 260 g/mol. The molecule has 1 N–H and O–H groups in total. The van der Waals surface area contributed by atoms with E-state index in [1.54, 1.807) is 12.1 Å². The van der Waals surface area contributed by atoms with E-state index in [0.717, 1.165) is 5.69 Å². The minimum Gasteiger partial charge on any atom is -0.465 e. The summed E-state index contributed by atoms with van der Waals surface area (Å²) >= 11 is 0. The number of esters is 1. The Morgan fingerprint density at radius 3 is 2.50 bits per heavy atom. The van der Waals surface area contributed by atoms with Gasteiger partial charge in [-0.05, 0) is 24.3 Å². The van der Waals surface area contributed by atoms with Crippen LogP contribution in [0.5, 0.6) is 0 Å². The average Bonchev–Trinajstić information content (AvgIpc) is 2.47. The summed E-state index contributed by atoms with van der Waals surface area (Å²) in [7, 11) is 1.23. The second-order valence-electron chi connectivity index (χ2n) is 3.97. The fourth-order valence-corrected chi connectivity index (χ4v) is 1.71. The SMILES string of the molecule is COC(=O)c1ccc(Nc2ccccc2)c([N+](=O)[O-])c1. The van der Waals surface area contributed by atoms with Gasteiger partial charge in [-0.25, -0.2) is 4.79 Å². The van der Waals surface area contributed by atoms with Gasteiger partial charge in [0.05, 0.1) is 17.6 Å². The molecule has 0 saturated carbocycles. The number of nitrogens with one attached hydrogen (secondary N) is 1. The van der Waals surface area contributed by atoms with Crippen molar-refractivity contribution >= 4 is 23.0 Å². The molecule has 0 amide bonds. The number of carbonyl (C=O) groups is 1. The van der Waals surface area contributed by atoms with Gasteiger partial charge in [0.25, 0.3) is 5.69 Å². The summed E-state index contributed by atoms with van der Waals surface area (Å²) in [4.78, 5) is 21.9. The molecule has 0 aliphatic heterocycles. The minimum absolute atomic E-state index is 0.137. The number of benzene rings is 2. The van der Waals surface area contributed by atoms with Gasteiger partial charge in [-0.1, -0.05) is 18.2 Å². The molecule has 0 atom stereocenters. The van der Waals surface area contributed by atoms with Crippen LogP contribution in [0.1, 0.15) is 10.4 Å². The zero-order valence-electron chi connectivity index (χ0n) is 10.7. The van der Waals surface area contributed by atoms with E-state index in [0.29, 0.717) is 5.69 Å². The van der Waals surface area contributed by atoms with Crippen LogP contribution in [0.2, 0.25) is 0 Å². The maximum absolute atomic E-state index is 11.4. The number of hydrogen-bond acceptors (Lipinski definition) is 5. The van der Waals surface area contributed by atoms with Gasteiger partial charge in [0, 0.05) is 11.8 Å². The number of ether oxygens (including phenoxy) is 1. The van der Waals surface area contributed by atoms with E-state index in [1.807, 2.05) is 18.2 Å². The molecule has 2 rings (SSSR count). The van der Waals surface area contributed by atoms with Crippen LogP contribution in [0.4, 0.5) is 17.1 Å². The predicted octanol–water partition coefficient (Wildman–Crippen LogP) is 3.13. The van der Waals surface area contributed by atoms with Crippen LogP contribution < -0.4 is 5.32 Å². The van der Waals surface area contributed by atoms with Crippen molar-refractivity contribution in [2.24, 2.45) is 0 Å². The van der Waals surface area contributed by atoms with Gasteiger partial charge >= 0.3 is 5.97 Å². The number of anilines is 2. The van der Waals surface area contributed by atoms with Gasteiger partial charge in [0.1, 0.15) is 5.69 Å². The van der Waals surface area contributed by atoms with Crippen LogP contribution in [0.15, 0.2) is 48.5 Å². The third-order valence-corrected chi connectivity index (χ3v) is 2.67. The molecule has 2 aromatic rings. The molecule has 0 unspecified atom stereocenters. The number of carbonyl (C=O) groups excluding carboxylic acids is 1. The number of hydrogen-bond donors (Lipinski definition) is 1. The van der Waals surface area contributed by atoms with Crippen LogP contribution in [0.25, 0.3) is 0 Å². The molecule has 0 aromatic heterocycles. The first kappa shape index (κ1) is 13.5. The third-order valence-electron chi connectivity index (χ3n) is 2.67. The summed E-state index contributed by atoms with van der Waals surface area (Å²) < 4.78 is 4.55. The van der Waals surface area contributed by atoms with Gasteiger partial charge < -0.3 is 10.1 Å². The Morgan fingerprint density at radius 1 is 1.20 bits per heavy atom. The normalized spacial score (nSPS) is 9.85. The molecule has 20 heavy (non-hydrogen) atoms. The van der Waals surface area contributed by atoms with Gasteiger partial charge in [-0.15, -0.1) is 0 Å². The number of nitrogens with zero attached hydrogens (tertiary/aromatic N) is 1. The summed E-state index contributed by atoms with van der Waals surface area (Å²) in [6.07, 6.45) is 0. The van der Waals surface area contributed by atoms with E-state index < -0.39 is 10.9 Å². The van der Waals surface area contributed by atoms with Crippen molar-refractivity contribution in [2.45, 2.75) is 0 Å². The van der Waals surface area contributed by atoms with E-state index in [-0.39, 0.29) is 11.3 Å². The van der Waals surface area contributed by atoms with Crippen molar-refractivity contribution in [1.29, 1.82) is 0 Å². The maximum atomic E-state index is 11.4. The number of nitro benzene ring substituents is 1. The Kier molecular flexibility index (Phi) is 3.95. The standard InChI is InChI=1S/C14H12N2O4/c1-20-14(17)10-7-8-12(13(9-10)16(18)19)15-11-5-3-2-4-6-11/h2-9,15H,1H3. The second-order valence-corrected chi connectivity index (χ2v) is 3.97. The summed E-state index contributed by atoms with van der Waals surface area (Å²) in [5, 5.41) is 14.0. The van der Waals surface area contributed by atoms with Crippen LogP contribution in [0.3, 0.4) is 0 Å². The third kappa shape index (κ3) is 2.92. The summed E-state index contributed by atoms with van der Waals surface area (Å²) in [6, 6.07) is 13.2. The highest BCUT2D eigenvalue weighted by Gasteiger charge is 2.17. The first-order chi connectivity index (χ1) is 9.61. The highest BCUT2D eigenvalue weighted by molar-refractivity contribution is 5.91. The van der Waals surface area contributed by atoms with Crippen LogP contribution >= 0.6 is 0 Å². The lowest BCUT2D eigenvalue weighted by Gasteiger charge is -2.08. The molecule has 0 radical (unpaired) electrons. The van der Waals surface area contributed by atoms with Crippen LogP contribution in [-0.2, 0) is 4.74 Å². The van der Waals surface area contributed by atoms with Crippen molar-refractivity contribution in [3.05, 3.63) is 64.2 Å². The lowest BCUT2D eigenvalue weighted by atomic mass is 10.1. The van der Waals surface area contributed by atoms with Crippen molar-refractivity contribution in [3.8, 4) is 0 Å². The van der Waals surface area contributed by atoms with Gasteiger partial charge in [0.2, 0.25) is 0 Å². The smallest absolute Gasteiger partial charge is 0.338 e. The molecule has 0 aliphatic carbocycles. The molecule has 0 heterocycles. The largest absolute Gasteiger partial charge is 0.465 e. The minimum atomic E-state index is -0.612. The Balaban J connectivity index is 2.38. The van der Waals surface area contributed by atoms with Gasteiger partial charge in [-0.3, -0.25) is 10.1 Å². The first-order valence-electron chi connectivity index (χ1n) is 5.80. The monoisotopic (exact) mass is 272 g/mol. The van der Waals surface area contributed by atoms with E-state index in [9.17, 15) is 14.9 Å². The first-order valence-corrected chi connectivity index (χ1v) is 5.80. The van der Waals surface area contributed by atoms with Crippen LogP contribution in [0, 0.1) is 10.1 Å². The highest BCUT2D eigenvalue weighted by atomic mass is 16.6. The van der Waals surface area contributed by atoms with Gasteiger partial charge in [-0.2, -0.15) is 0 Å². The molecular formula is C14H12N2O4. The maximum Gasteiger partial charge on any atom is 0.338 e. The molecule has 0 aliphatic rings. The Morgan fingerprint density at radius 2 is 1.90 bits per heavy atom. The highest BCUT2D eigenvalue weighted by Crippen LogP contribution is 2.28. The zero-order chi connectivity index (χ0) is 14.5. The predicted molar refractivity (Wildman–Crippen MR) is 74.2 cm³/mol. The fourth-order valence-electron chi connectivity index (χ4n) is 1.71. The molecule has 102 valence electrons. The molecule has 0 saturated heterocycles. The van der Waals surface area contributed by atoms with Gasteiger partial charge in [0.15, 0.2) is 0 Å². The number of methoxy groups -OCH3 is 1. The molecule has 0 spiro atoms. The van der Waals surface area contributed by atoms with Crippen molar-refractivity contribution in [2.75, 3.05) is 12.4 Å². The van der Waals surface area contributed by atoms with Crippen molar-refractivity contribution in [3.63, 3.8) is 0 Å². The summed E-state index contributed by atoms with van der Waals surface area (Å²) in [5.41, 5.74) is 0.991.